The van der Waals surface area contributed by atoms with Crippen LogP contribution in [0.3, 0.4) is 0 Å². The minimum absolute atomic E-state index is 0.102. The van der Waals surface area contributed by atoms with Gasteiger partial charge < -0.3 is 14.0 Å². The van der Waals surface area contributed by atoms with Crippen molar-refractivity contribution in [1.82, 2.24) is 4.57 Å². The third kappa shape index (κ3) is 4.54. The first-order valence-electron chi connectivity index (χ1n) is 9.53. The Kier molecular flexibility index (Phi) is 7.90. The van der Waals surface area contributed by atoms with Gasteiger partial charge in [-0.25, -0.2) is 4.79 Å². The minimum atomic E-state index is -0.386. The standard InChI is InChI=1S/C19H22BrNO4.C2H6/c1-24-16(22)11-21-15-10-13(19(23)25-2)8-9-14(15)17(18(21)20)12-6-4-3-5-7-12;1-2/h8-10,12H,3-7,11H2,1-2H3;1-2H3. The van der Waals surface area contributed by atoms with Crippen LogP contribution in [0.2, 0.25) is 0 Å². The molecule has 2 aromatic rings. The Balaban J connectivity index is 0.00000126. The van der Waals surface area contributed by atoms with E-state index in [4.69, 9.17) is 9.47 Å². The quantitative estimate of drug-likeness (QED) is 0.597. The van der Waals surface area contributed by atoms with Gasteiger partial charge >= 0.3 is 11.9 Å². The van der Waals surface area contributed by atoms with E-state index in [1.54, 1.807) is 12.1 Å². The topological polar surface area (TPSA) is 57.5 Å². The number of halogens is 1. The zero-order valence-corrected chi connectivity index (χ0v) is 18.1. The molecule has 148 valence electrons. The predicted octanol–water partition coefficient (Wildman–Crippen LogP) is 5.44. The van der Waals surface area contributed by atoms with Crippen molar-refractivity contribution < 1.29 is 19.1 Å². The fraction of sp³-hybridized carbons (Fsp3) is 0.524. The summed E-state index contributed by atoms with van der Waals surface area (Å²) in [6, 6.07) is 5.54. The highest BCUT2D eigenvalue weighted by Crippen LogP contribution is 2.42. The van der Waals surface area contributed by atoms with Crippen LogP contribution in [0.5, 0.6) is 0 Å². The SMILES string of the molecule is CC.COC(=O)Cn1c(Br)c(C2CCCCC2)c2ccc(C(=O)OC)cc21. The molecule has 1 aromatic carbocycles. The maximum absolute atomic E-state index is 11.9. The first-order valence-corrected chi connectivity index (χ1v) is 10.3. The van der Waals surface area contributed by atoms with Crippen LogP contribution in [0.4, 0.5) is 0 Å². The molecular weight excluding hydrogens is 410 g/mol. The Morgan fingerprint density at radius 2 is 1.78 bits per heavy atom. The lowest BCUT2D eigenvalue weighted by Crippen LogP contribution is -2.12. The normalized spacial score (nSPS) is 14.4. The van der Waals surface area contributed by atoms with Crippen LogP contribution in [0, 0.1) is 0 Å². The zero-order valence-electron chi connectivity index (χ0n) is 16.5. The van der Waals surface area contributed by atoms with E-state index in [1.165, 1.54) is 39.0 Å². The number of methoxy groups -OCH3 is 2. The van der Waals surface area contributed by atoms with Gasteiger partial charge in [0.15, 0.2) is 0 Å². The number of carbonyl (C=O) groups is 2. The average Bonchev–Trinajstić information content (AvgIpc) is 3.00. The molecule has 0 unspecified atom stereocenters. The molecule has 1 saturated carbocycles. The molecule has 1 heterocycles. The van der Waals surface area contributed by atoms with Gasteiger partial charge in [0.25, 0.3) is 0 Å². The van der Waals surface area contributed by atoms with Gasteiger partial charge in [-0.2, -0.15) is 0 Å². The van der Waals surface area contributed by atoms with Crippen LogP contribution in [0.25, 0.3) is 10.9 Å². The second-order valence-corrected chi connectivity index (χ2v) is 7.18. The Bertz CT molecular complexity index is 806. The molecule has 6 heteroatoms. The Morgan fingerprint density at radius 1 is 1.11 bits per heavy atom. The highest BCUT2D eigenvalue weighted by molar-refractivity contribution is 9.10. The smallest absolute Gasteiger partial charge is 0.337 e. The number of esters is 2. The van der Waals surface area contributed by atoms with Crippen molar-refractivity contribution >= 4 is 38.8 Å². The van der Waals surface area contributed by atoms with Crippen molar-refractivity contribution in [2.45, 2.75) is 58.4 Å². The summed E-state index contributed by atoms with van der Waals surface area (Å²) >= 11 is 3.71. The number of ether oxygens (including phenoxy) is 2. The number of benzene rings is 1. The third-order valence-corrected chi connectivity index (χ3v) is 5.84. The summed E-state index contributed by atoms with van der Waals surface area (Å²) in [5.74, 6) is -0.243. The van der Waals surface area contributed by atoms with Gasteiger partial charge in [-0.1, -0.05) is 39.2 Å². The molecule has 5 nitrogen and oxygen atoms in total. The van der Waals surface area contributed by atoms with Crippen molar-refractivity contribution in [1.29, 1.82) is 0 Å². The van der Waals surface area contributed by atoms with Crippen LogP contribution in [0.1, 0.15) is 67.8 Å². The number of rotatable bonds is 4. The molecular formula is C21H28BrNO4. The lowest BCUT2D eigenvalue weighted by molar-refractivity contribution is -0.141. The summed E-state index contributed by atoms with van der Waals surface area (Å²) in [5, 5.41) is 1.08. The fourth-order valence-electron chi connectivity index (χ4n) is 3.72. The van der Waals surface area contributed by atoms with Gasteiger partial charge in [-0.05, 0) is 52.4 Å². The maximum Gasteiger partial charge on any atom is 0.337 e. The first kappa shape index (κ1) is 21.5. The van der Waals surface area contributed by atoms with E-state index < -0.39 is 0 Å². The number of hydrogen-bond acceptors (Lipinski definition) is 4. The Hall–Kier alpha value is -1.82. The Labute approximate surface area is 169 Å². The molecule has 0 radical (unpaired) electrons. The maximum atomic E-state index is 11.9. The van der Waals surface area contributed by atoms with Crippen molar-refractivity contribution in [3.8, 4) is 0 Å². The monoisotopic (exact) mass is 437 g/mol. The van der Waals surface area contributed by atoms with Crippen molar-refractivity contribution in [2.75, 3.05) is 14.2 Å². The van der Waals surface area contributed by atoms with E-state index >= 15 is 0 Å². The molecule has 1 aliphatic carbocycles. The molecule has 27 heavy (non-hydrogen) atoms. The first-order chi connectivity index (χ1) is 13.1. The predicted molar refractivity (Wildman–Crippen MR) is 110 cm³/mol. The summed E-state index contributed by atoms with van der Waals surface area (Å²) in [6.45, 7) is 4.10. The average molecular weight is 438 g/mol. The molecule has 3 rings (SSSR count). The number of nitrogens with zero attached hydrogens (tertiary/aromatic N) is 1. The highest BCUT2D eigenvalue weighted by Gasteiger charge is 2.26. The number of carbonyl (C=O) groups excluding carboxylic acids is 2. The van der Waals surface area contributed by atoms with E-state index in [9.17, 15) is 9.59 Å². The van der Waals surface area contributed by atoms with Crippen LogP contribution in [-0.4, -0.2) is 30.7 Å². The number of fused-ring (bicyclic) bond motifs is 1. The van der Waals surface area contributed by atoms with Gasteiger partial charge in [0.1, 0.15) is 6.54 Å². The van der Waals surface area contributed by atoms with E-state index in [2.05, 4.69) is 15.9 Å². The summed E-state index contributed by atoms with van der Waals surface area (Å²) in [5.41, 5.74) is 2.55. The largest absolute Gasteiger partial charge is 0.468 e. The Morgan fingerprint density at radius 3 is 2.37 bits per heavy atom. The van der Waals surface area contributed by atoms with Gasteiger partial charge in [0.05, 0.1) is 29.9 Å². The third-order valence-electron chi connectivity index (χ3n) is 4.99. The molecule has 0 saturated heterocycles. The number of aromatic nitrogens is 1. The molecule has 0 bridgehead atoms. The van der Waals surface area contributed by atoms with Crippen LogP contribution in [-0.2, 0) is 20.8 Å². The van der Waals surface area contributed by atoms with E-state index in [-0.39, 0.29) is 18.5 Å². The van der Waals surface area contributed by atoms with Crippen molar-refractivity contribution in [3.05, 3.63) is 33.9 Å². The molecule has 0 spiro atoms. The minimum Gasteiger partial charge on any atom is -0.468 e. The summed E-state index contributed by atoms with van der Waals surface area (Å²) in [4.78, 5) is 23.8. The number of hydrogen-bond donors (Lipinski definition) is 0. The van der Waals surface area contributed by atoms with Gasteiger partial charge in [0.2, 0.25) is 0 Å². The molecule has 0 atom stereocenters. The summed E-state index contributed by atoms with van der Waals surface area (Å²) < 4.78 is 12.5. The second-order valence-electron chi connectivity index (χ2n) is 6.43. The van der Waals surface area contributed by atoms with Crippen LogP contribution < -0.4 is 0 Å². The van der Waals surface area contributed by atoms with E-state index in [0.29, 0.717) is 11.5 Å². The molecule has 1 fully saturated rings. The summed E-state index contributed by atoms with van der Waals surface area (Å²) in [7, 11) is 2.74. The summed E-state index contributed by atoms with van der Waals surface area (Å²) in [6.07, 6.45) is 6.02. The molecule has 0 amide bonds. The second kappa shape index (κ2) is 9.93. The zero-order chi connectivity index (χ0) is 20.0. The van der Waals surface area contributed by atoms with Crippen LogP contribution in [0.15, 0.2) is 22.8 Å². The highest BCUT2D eigenvalue weighted by atomic mass is 79.9. The van der Waals surface area contributed by atoms with Crippen LogP contribution >= 0.6 is 15.9 Å². The molecule has 1 aromatic heterocycles. The van der Waals surface area contributed by atoms with E-state index in [0.717, 1.165) is 28.3 Å². The molecule has 0 N–H and O–H groups in total. The van der Waals surface area contributed by atoms with Gasteiger partial charge in [-0.15, -0.1) is 0 Å². The fourth-order valence-corrected chi connectivity index (χ4v) is 4.57. The van der Waals surface area contributed by atoms with Gasteiger partial charge in [0, 0.05) is 5.39 Å². The molecule has 1 aliphatic rings. The van der Waals surface area contributed by atoms with E-state index in [1.807, 2.05) is 24.5 Å². The van der Waals surface area contributed by atoms with Crippen molar-refractivity contribution in [2.24, 2.45) is 0 Å². The van der Waals surface area contributed by atoms with Gasteiger partial charge in [-0.3, -0.25) is 4.79 Å². The molecule has 0 aliphatic heterocycles. The lowest BCUT2D eigenvalue weighted by atomic mass is 9.84. The van der Waals surface area contributed by atoms with Crippen molar-refractivity contribution in [3.63, 3.8) is 0 Å². The lowest BCUT2D eigenvalue weighted by Gasteiger charge is -2.22.